The zero-order chi connectivity index (χ0) is 63.0. The van der Waals surface area contributed by atoms with Crippen molar-refractivity contribution >= 4 is 19.8 Å². The maximum Gasteiger partial charge on any atom is 0.472 e. The Balaban J connectivity index is 3.76. The van der Waals surface area contributed by atoms with Crippen LogP contribution < -0.4 is 5.73 Å². The Morgan fingerprint density at radius 2 is 0.598 bits per heavy atom. The third kappa shape index (κ3) is 73.2. The molecule has 9 nitrogen and oxygen atoms in total. The highest BCUT2D eigenvalue weighted by atomic mass is 31.2. The fraction of sp³-hybridized carbons (Fsp3) is 0.896. The molecule has 0 aliphatic carbocycles. The van der Waals surface area contributed by atoms with Crippen LogP contribution in [0.2, 0.25) is 0 Å². The van der Waals surface area contributed by atoms with Crippen molar-refractivity contribution in [2.24, 2.45) is 5.73 Å². The number of phosphoric ester groups is 1. The van der Waals surface area contributed by atoms with E-state index in [0.717, 1.165) is 38.5 Å². The highest BCUT2D eigenvalue weighted by molar-refractivity contribution is 7.47. The summed E-state index contributed by atoms with van der Waals surface area (Å²) in [6.07, 6.45) is 92.8. The fourth-order valence-corrected chi connectivity index (χ4v) is 12.6. The molecular weight excluding hydrogens is 1100 g/mol. The van der Waals surface area contributed by atoms with Crippen molar-refractivity contribution in [2.45, 2.75) is 418 Å². The van der Waals surface area contributed by atoms with Crippen molar-refractivity contribution in [1.82, 2.24) is 0 Å². The number of hydrogen-bond acceptors (Lipinski definition) is 8. The first kappa shape index (κ1) is 85.2. The fourth-order valence-electron chi connectivity index (χ4n) is 11.8. The summed E-state index contributed by atoms with van der Waals surface area (Å²) in [5, 5.41) is 0. The van der Waals surface area contributed by atoms with Gasteiger partial charge in [0, 0.05) is 19.4 Å². The number of rotatable bonds is 74. The maximum absolute atomic E-state index is 12.8. The van der Waals surface area contributed by atoms with E-state index < -0.39 is 26.5 Å². The normalized spacial score (nSPS) is 13.0. The van der Waals surface area contributed by atoms with Gasteiger partial charge in [-0.15, -0.1) is 0 Å². The van der Waals surface area contributed by atoms with Crippen molar-refractivity contribution in [3.63, 3.8) is 0 Å². The minimum absolute atomic E-state index is 0.0565. The van der Waals surface area contributed by atoms with Crippen LogP contribution in [-0.4, -0.2) is 49.3 Å². The van der Waals surface area contributed by atoms with Gasteiger partial charge in [0.2, 0.25) is 0 Å². The quantitative estimate of drug-likeness (QED) is 0.0264. The Bertz CT molecular complexity index is 1520. The molecule has 0 radical (unpaired) electrons. The van der Waals surface area contributed by atoms with E-state index in [1.165, 1.54) is 340 Å². The summed E-state index contributed by atoms with van der Waals surface area (Å²) < 4.78 is 33.3. The number of phosphoric acid groups is 1. The Morgan fingerprint density at radius 1 is 0.345 bits per heavy atom. The molecule has 87 heavy (non-hydrogen) atoms. The Morgan fingerprint density at radius 3 is 0.885 bits per heavy atom. The van der Waals surface area contributed by atoms with Crippen molar-refractivity contribution in [3.05, 3.63) is 36.5 Å². The second-order valence-electron chi connectivity index (χ2n) is 26.2. The second kappa shape index (κ2) is 73.3. The second-order valence-corrected chi connectivity index (χ2v) is 27.7. The van der Waals surface area contributed by atoms with E-state index in [4.69, 9.17) is 24.3 Å². The van der Waals surface area contributed by atoms with Crippen molar-refractivity contribution in [1.29, 1.82) is 0 Å². The molecule has 0 bridgehead atoms. The highest BCUT2D eigenvalue weighted by Gasteiger charge is 2.26. The molecule has 0 saturated carbocycles. The summed E-state index contributed by atoms with van der Waals surface area (Å²) in [6, 6.07) is 0. The van der Waals surface area contributed by atoms with E-state index in [-0.39, 0.29) is 38.6 Å². The minimum atomic E-state index is -4.39. The Kier molecular flexibility index (Phi) is 71.8. The van der Waals surface area contributed by atoms with E-state index in [9.17, 15) is 19.0 Å². The molecule has 514 valence electrons. The summed E-state index contributed by atoms with van der Waals surface area (Å²) in [7, 11) is -4.39. The minimum Gasteiger partial charge on any atom is -0.462 e. The lowest BCUT2D eigenvalue weighted by Gasteiger charge is -2.19. The Labute approximate surface area is 541 Å². The molecule has 0 aromatic carbocycles. The van der Waals surface area contributed by atoms with Crippen LogP contribution in [0.5, 0.6) is 0 Å². The smallest absolute Gasteiger partial charge is 0.462 e. The first-order chi connectivity index (χ1) is 42.8. The Hall–Kier alpha value is -1.77. The number of nitrogens with two attached hydrogens (primary N) is 1. The molecule has 0 aliphatic heterocycles. The van der Waals surface area contributed by atoms with Crippen LogP contribution in [0, 0.1) is 0 Å². The van der Waals surface area contributed by atoms with E-state index in [1.54, 1.807) is 0 Å². The average molecular weight is 1250 g/mol. The van der Waals surface area contributed by atoms with Crippen LogP contribution in [0.15, 0.2) is 36.5 Å². The molecule has 0 saturated heterocycles. The lowest BCUT2D eigenvalue weighted by molar-refractivity contribution is -0.161. The SMILES string of the molecule is CCCCCCC/C=C\C/C=C\CCCCCCCCCCCCCCCCCCCCCCCCCCCC(=O)OC(COC(=O)CCCCCCCCCCCCCCCCCCC/C=C\CCCCCCCCCC)COP(=O)(O)OCCN. The van der Waals surface area contributed by atoms with Crippen LogP contribution in [0.4, 0.5) is 0 Å². The zero-order valence-corrected chi connectivity index (χ0v) is 58.9. The van der Waals surface area contributed by atoms with E-state index >= 15 is 0 Å². The molecule has 10 heteroatoms. The van der Waals surface area contributed by atoms with E-state index in [1.807, 2.05) is 0 Å². The number of hydrogen-bond donors (Lipinski definition) is 2. The van der Waals surface area contributed by atoms with Crippen molar-refractivity contribution in [3.8, 4) is 0 Å². The number of carbonyl (C=O) groups excluding carboxylic acids is 2. The summed E-state index contributed by atoms with van der Waals surface area (Å²) in [4.78, 5) is 35.4. The number of ether oxygens (including phenoxy) is 2. The first-order valence-electron chi connectivity index (χ1n) is 38.5. The third-order valence-corrected chi connectivity index (χ3v) is 18.5. The number of carbonyl (C=O) groups is 2. The molecule has 0 aromatic heterocycles. The first-order valence-corrected chi connectivity index (χ1v) is 40.0. The van der Waals surface area contributed by atoms with Gasteiger partial charge in [0.1, 0.15) is 6.61 Å². The van der Waals surface area contributed by atoms with Gasteiger partial charge in [0.05, 0.1) is 13.2 Å². The van der Waals surface area contributed by atoms with Gasteiger partial charge in [-0.3, -0.25) is 18.6 Å². The van der Waals surface area contributed by atoms with E-state index in [2.05, 4.69) is 50.3 Å². The van der Waals surface area contributed by atoms with Gasteiger partial charge in [0.25, 0.3) is 0 Å². The van der Waals surface area contributed by atoms with Gasteiger partial charge in [-0.25, -0.2) is 4.57 Å². The van der Waals surface area contributed by atoms with Gasteiger partial charge >= 0.3 is 19.8 Å². The molecule has 2 unspecified atom stereocenters. The predicted octanol–water partition coefficient (Wildman–Crippen LogP) is 25.4. The zero-order valence-electron chi connectivity index (χ0n) is 58.0. The number of esters is 2. The van der Waals surface area contributed by atoms with Crippen LogP contribution in [-0.2, 0) is 32.7 Å². The van der Waals surface area contributed by atoms with Gasteiger partial charge < -0.3 is 20.1 Å². The molecular formula is C77H148NO8P. The summed E-state index contributed by atoms with van der Waals surface area (Å²) >= 11 is 0. The van der Waals surface area contributed by atoms with Crippen molar-refractivity contribution < 1.29 is 37.6 Å². The summed E-state index contributed by atoms with van der Waals surface area (Å²) in [6.45, 7) is 3.82. The molecule has 0 rings (SSSR count). The number of allylic oxidation sites excluding steroid dienone is 6. The lowest BCUT2D eigenvalue weighted by Crippen LogP contribution is -2.29. The van der Waals surface area contributed by atoms with E-state index in [0.29, 0.717) is 6.42 Å². The molecule has 0 fully saturated rings. The standard InChI is InChI=1S/C77H148NO8P/c1-3-5-7-9-11-13-15-17-19-21-23-25-27-29-31-33-34-35-36-37-38-39-40-42-44-46-48-50-52-54-56-58-60-62-64-66-68-70-77(80)86-75(74-85-87(81,82)84-72-71-78)73-83-76(79)69-67-65-63-61-59-57-55-53-51-49-47-45-43-41-32-30-28-26-24-22-20-18-16-14-12-10-8-6-4-2/h15,17,21-24,75H,3-14,16,18-20,25-74,78H2,1-2H3,(H,81,82)/b17-15-,23-21-,24-22-. The molecule has 0 aliphatic rings. The lowest BCUT2D eigenvalue weighted by atomic mass is 10.0. The monoisotopic (exact) mass is 1250 g/mol. The van der Waals surface area contributed by atoms with Gasteiger partial charge in [-0.1, -0.05) is 365 Å². The summed E-state index contributed by atoms with van der Waals surface area (Å²) in [5.74, 6) is -0.802. The molecule has 0 spiro atoms. The van der Waals surface area contributed by atoms with Gasteiger partial charge in [-0.2, -0.15) is 0 Å². The van der Waals surface area contributed by atoms with Crippen molar-refractivity contribution in [2.75, 3.05) is 26.4 Å². The van der Waals surface area contributed by atoms with Crippen LogP contribution in [0.1, 0.15) is 412 Å². The molecule has 0 amide bonds. The summed E-state index contributed by atoms with van der Waals surface area (Å²) in [5.41, 5.74) is 5.41. The molecule has 0 heterocycles. The average Bonchev–Trinajstić information content (AvgIpc) is 3.65. The molecule has 0 aromatic rings. The predicted molar refractivity (Wildman–Crippen MR) is 377 cm³/mol. The molecule has 3 N–H and O–H groups in total. The van der Waals surface area contributed by atoms with Crippen LogP contribution in [0.25, 0.3) is 0 Å². The van der Waals surface area contributed by atoms with Gasteiger partial charge in [-0.05, 0) is 70.6 Å². The molecule has 2 atom stereocenters. The highest BCUT2D eigenvalue weighted by Crippen LogP contribution is 2.43. The topological polar surface area (TPSA) is 134 Å². The third-order valence-electron chi connectivity index (χ3n) is 17.5. The van der Waals surface area contributed by atoms with Gasteiger partial charge in [0.15, 0.2) is 6.10 Å². The largest absolute Gasteiger partial charge is 0.472 e. The van der Waals surface area contributed by atoms with Crippen LogP contribution in [0.3, 0.4) is 0 Å². The maximum atomic E-state index is 12.8. The van der Waals surface area contributed by atoms with Crippen LogP contribution >= 0.6 is 7.82 Å². The number of unbranched alkanes of at least 4 members (excludes halogenated alkanes) is 55.